The number of ether oxygens (including phenoxy) is 3. The largest absolute Gasteiger partial charge is 0.504 e. The predicted octanol–water partition coefficient (Wildman–Crippen LogP) is 2.21. The lowest BCUT2D eigenvalue weighted by Gasteiger charge is -2.13. The van der Waals surface area contributed by atoms with E-state index in [0.717, 1.165) is 11.1 Å². The van der Waals surface area contributed by atoms with Gasteiger partial charge in [0.15, 0.2) is 23.0 Å². The number of phenols is 2. The van der Waals surface area contributed by atoms with Crippen LogP contribution in [0.3, 0.4) is 0 Å². The van der Waals surface area contributed by atoms with Gasteiger partial charge in [-0.05, 0) is 41.8 Å². The van der Waals surface area contributed by atoms with Crippen molar-refractivity contribution in [3.8, 4) is 28.7 Å². The molecule has 0 aliphatic rings. The minimum Gasteiger partial charge on any atom is -0.504 e. The van der Waals surface area contributed by atoms with Gasteiger partial charge in [0.1, 0.15) is 0 Å². The smallest absolute Gasteiger partial charge is 0.200 e. The maximum Gasteiger partial charge on any atom is 0.200 e. The molecule has 0 aromatic heterocycles. The van der Waals surface area contributed by atoms with E-state index in [1.165, 1.54) is 21.3 Å². The van der Waals surface area contributed by atoms with Crippen LogP contribution in [0, 0.1) is 0 Å². The van der Waals surface area contributed by atoms with Crippen LogP contribution in [-0.2, 0) is 13.0 Å². The summed E-state index contributed by atoms with van der Waals surface area (Å²) in [6, 6.07) is 6.80. The number of aliphatic hydroxyl groups is 1. The number of aliphatic hydroxyl groups excluding tert-OH is 1. The number of hydrogen-bond donors (Lipinski definition) is 3. The van der Waals surface area contributed by atoms with Crippen LogP contribution < -0.4 is 14.2 Å². The van der Waals surface area contributed by atoms with E-state index < -0.39 is 0 Å². The second kappa shape index (κ2) is 7.11. The maximum atomic E-state index is 9.94. The highest BCUT2D eigenvalue weighted by Crippen LogP contribution is 2.38. The predicted molar refractivity (Wildman–Crippen MR) is 84.6 cm³/mol. The first-order valence-corrected chi connectivity index (χ1v) is 6.97. The first-order chi connectivity index (χ1) is 11.0. The van der Waals surface area contributed by atoms with Crippen LogP contribution in [0.1, 0.15) is 16.7 Å². The summed E-state index contributed by atoms with van der Waals surface area (Å²) < 4.78 is 15.4. The summed E-state index contributed by atoms with van der Waals surface area (Å²) in [5.41, 5.74) is 2.06. The van der Waals surface area contributed by atoms with Crippen LogP contribution in [0.5, 0.6) is 28.7 Å². The Balaban J connectivity index is 2.43. The van der Waals surface area contributed by atoms with Crippen molar-refractivity contribution < 1.29 is 29.5 Å². The van der Waals surface area contributed by atoms with Gasteiger partial charge >= 0.3 is 0 Å². The number of hydrogen-bond acceptors (Lipinski definition) is 6. The van der Waals surface area contributed by atoms with Gasteiger partial charge < -0.3 is 29.5 Å². The Morgan fingerprint density at radius 2 is 1.17 bits per heavy atom. The van der Waals surface area contributed by atoms with Crippen molar-refractivity contribution in [1.29, 1.82) is 0 Å². The molecule has 23 heavy (non-hydrogen) atoms. The van der Waals surface area contributed by atoms with Crippen molar-refractivity contribution in [3.63, 3.8) is 0 Å². The van der Waals surface area contributed by atoms with Gasteiger partial charge in [0.05, 0.1) is 27.9 Å². The van der Waals surface area contributed by atoms with Gasteiger partial charge in [-0.1, -0.05) is 0 Å². The minimum absolute atomic E-state index is 0.0573. The first kappa shape index (κ1) is 16.8. The molecule has 0 aliphatic heterocycles. The van der Waals surface area contributed by atoms with E-state index in [0.29, 0.717) is 29.2 Å². The summed E-state index contributed by atoms with van der Waals surface area (Å²) in [6.45, 7) is -0.293. The van der Waals surface area contributed by atoms with Gasteiger partial charge in [-0.25, -0.2) is 0 Å². The van der Waals surface area contributed by atoms with Crippen molar-refractivity contribution in [2.75, 3.05) is 21.3 Å². The van der Waals surface area contributed by atoms with Crippen molar-refractivity contribution in [1.82, 2.24) is 0 Å². The molecule has 6 nitrogen and oxygen atoms in total. The molecule has 0 spiro atoms. The van der Waals surface area contributed by atoms with Gasteiger partial charge in [-0.15, -0.1) is 0 Å². The molecule has 2 aromatic carbocycles. The lowest BCUT2D eigenvalue weighted by molar-refractivity contribution is 0.272. The summed E-state index contributed by atoms with van der Waals surface area (Å²) in [7, 11) is 4.38. The quantitative estimate of drug-likeness (QED) is 0.756. The molecule has 0 aliphatic carbocycles. The standard InChI is InChI=1S/C17H20O6/c1-21-13-6-10(5-12(9-18)16(13)19)4-11-7-14(22-2)17(20)15(8-11)23-3/h5-8,18-20H,4,9H2,1-3H3. The highest BCUT2D eigenvalue weighted by atomic mass is 16.5. The van der Waals surface area contributed by atoms with Crippen LogP contribution in [0.15, 0.2) is 24.3 Å². The number of benzene rings is 2. The zero-order chi connectivity index (χ0) is 17.0. The highest BCUT2D eigenvalue weighted by molar-refractivity contribution is 5.54. The van der Waals surface area contributed by atoms with Crippen molar-refractivity contribution >= 4 is 0 Å². The van der Waals surface area contributed by atoms with Gasteiger partial charge in [0, 0.05) is 5.56 Å². The van der Waals surface area contributed by atoms with E-state index in [4.69, 9.17) is 14.2 Å². The fraction of sp³-hybridized carbons (Fsp3) is 0.294. The summed E-state index contributed by atoms with van der Waals surface area (Å²) in [4.78, 5) is 0. The zero-order valence-electron chi connectivity index (χ0n) is 13.3. The summed E-state index contributed by atoms with van der Waals surface area (Å²) in [5.74, 6) is 0.793. The Labute approximate surface area is 134 Å². The van der Waals surface area contributed by atoms with Crippen molar-refractivity contribution in [3.05, 3.63) is 41.0 Å². The van der Waals surface area contributed by atoms with Crippen LogP contribution in [0.2, 0.25) is 0 Å². The van der Waals surface area contributed by atoms with Crippen LogP contribution in [0.25, 0.3) is 0 Å². The zero-order valence-corrected chi connectivity index (χ0v) is 13.3. The second-order valence-corrected chi connectivity index (χ2v) is 4.99. The van der Waals surface area contributed by atoms with Crippen molar-refractivity contribution in [2.45, 2.75) is 13.0 Å². The summed E-state index contributed by atoms with van der Waals surface area (Å²) >= 11 is 0. The third-order valence-corrected chi connectivity index (χ3v) is 3.55. The SMILES string of the molecule is COc1cc(Cc2cc(OC)c(O)c(OC)c2)cc(CO)c1O. The molecule has 0 saturated heterocycles. The Hall–Kier alpha value is -2.60. The molecule has 124 valence electrons. The molecule has 0 amide bonds. The second-order valence-electron chi connectivity index (χ2n) is 4.99. The van der Waals surface area contributed by atoms with E-state index in [1.54, 1.807) is 24.3 Å². The molecule has 0 fully saturated rings. The summed E-state index contributed by atoms with van der Waals surface area (Å²) in [6.07, 6.45) is 0.483. The van der Waals surface area contributed by atoms with Gasteiger partial charge in [0.2, 0.25) is 5.75 Å². The monoisotopic (exact) mass is 320 g/mol. The third kappa shape index (κ3) is 3.43. The van der Waals surface area contributed by atoms with E-state index in [1.807, 2.05) is 0 Å². The van der Waals surface area contributed by atoms with Gasteiger partial charge in [0.25, 0.3) is 0 Å². The number of aromatic hydroxyl groups is 2. The Kier molecular flexibility index (Phi) is 5.18. The molecular formula is C17H20O6. The average Bonchev–Trinajstić information content (AvgIpc) is 2.57. The van der Waals surface area contributed by atoms with Gasteiger partial charge in [-0.3, -0.25) is 0 Å². The Morgan fingerprint density at radius 1 is 0.739 bits per heavy atom. The number of methoxy groups -OCH3 is 3. The third-order valence-electron chi connectivity index (χ3n) is 3.55. The molecule has 0 unspecified atom stereocenters. The van der Waals surface area contributed by atoms with E-state index >= 15 is 0 Å². The minimum atomic E-state index is -0.293. The summed E-state index contributed by atoms with van der Waals surface area (Å²) in [5, 5.41) is 29.2. The topological polar surface area (TPSA) is 88.4 Å². The van der Waals surface area contributed by atoms with Crippen molar-refractivity contribution in [2.24, 2.45) is 0 Å². The van der Waals surface area contributed by atoms with E-state index in [2.05, 4.69) is 0 Å². The molecule has 0 radical (unpaired) electrons. The normalized spacial score (nSPS) is 10.4. The number of rotatable bonds is 6. The van der Waals surface area contributed by atoms with Crippen LogP contribution in [0.4, 0.5) is 0 Å². The van der Waals surface area contributed by atoms with E-state index in [-0.39, 0.29) is 18.1 Å². The van der Waals surface area contributed by atoms with E-state index in [9.17, 15) is 15.3 Å². The number of phenolic OH excluding ortho intramolecular Hbond substituents is 1. The Morgan fingerprint density at radius 3 is 1.61 bits per heavy atom. The molecule has 2 rings (SSSR count). The molecular weight excluding hydrogens is 300 g/mol. The molecule has 2 aromatic rings. The average molecular weight is 320 g/mol. The van der Waals surface area contributed by atoms with Gasteiger partial charge in [-0.2, -0.15) is 0 Å². The molecule has 6 heteroatoms. The first-order valence-electron chi connectivity index (χ1n) is 6.97. The fourth-order valence-corrected chi connectivity index (χ4v) is 2.39. The molecule has 0 bridgehead atoms. The molecule has 0 saturated carbocycles. The fourth-order valence-electron chi connectivity index (χ4n) is 2.39. The lowest BCUT2D eigenvalue weighted by Crippen LogP contribution is -1.97. The van der Waals surface area contributed by atoms with Crippen LogP contribution >= 0.6 is 0 Å². The molecule has 0 atom stereocenters. The highest BCUT2D eigenvalue weighted by Gasteiger charge is 2.14. The van der Waals surface area contributed by atoms with Crippen LogP contribution in [-0.4, -0.2) is 36.6 Å². The maximum absolute atomic E-state index is 9.94. The molecule has 3 N–H and O–H groups in total. The Bertz CT molecular complexity index is 586. The lowest BCUT2D eigenvalue weighted by atomic mass is 10.0. The molecule has 0 heterocycles.